The summed E-state index contributed by atoms with van der Waals surface area (Å²) in [4.78, 5) is 11.1. The van der Waals surface area contributed by atoms with Gasteiger partial charge in [0.25, 0.3) is 0 Å². The van der Waals surface area contributed by atoms with Gasteiger partial charge in [0.1, 0.15) is 0 Å². The summed E-state index contributed by atoms with van der Waals surface area (Å²) in [5.41, 5.74) is 5.11. The second-order valence-corrected chi connectivity index (χ2v) is 3.10. The van der Waals surface area contributed by atoms with Gasteiger partial charge in [0.2, 0.25) is 5.91 Å². The van der Waals surface area contributed by atoms with Crippen LogP contribution in [0, 0.1) is 5.41 Å². The van der Waals surface area contributed by atoms with E-state index in [0.717, 1.165) is 25.7 Å². The molecule has 0 spiro atoms. The largest absolute Gasteiger partial charge is 0.369 e. The molecule has 0 aliphatic rings. The summed E-state index contributed by atoms with van der Waals surface area (Å²) in [6, 6.07) is 0. The van der Waals surface area contributed by atoms with Crippen LogP contribution in [0.4, 0.5) is 0 Å². The Morgan fingerprint density at radius 3 is 1.82 bits per heavy atom. The molecule has 0 aromatic rings. The summed E-state index contributed by atoms with van der Waals surface area (Å²) in [5, 5.41) is 0. The number of nitrogens with two attached hydrogens (primary N) is 1. The van der Waals surface area contributed by atoms with Crippen LogP contribution in [0.2, 0.25) is 0 Å². The SMILES string of the molecule is CCCC(CC)(CC)C(N)=O. The van der Waals surface area contributed by atoms with Crippen molar-refractivity contribution in [3.63, 3.8) is 0 Å². The molecule has 1 amide bonds. The average molecular weight is 157 g/mol. The highest BCUT2D eigenvalue weighted by atomic mass is 16.1. The van der Waals surface area contributed by atoms with Crippen LogP contribution in [0.15, 0.2) is 0 Å². The van der Waals surface area contributed by atoms with Gasteiger partial charge in [0, 0.05) is 5.41 Å². The minimum absolute atomic E-state index is 0.135. The predicted octanol–water partition coefficient (Wildman–Crippen LogP) is 2.08. The number of rotatable bonds is 5. The smallest absolute Gasteiger partial charge is 0.223 e. The van der Waals surface area contributed by atoms with Gasteiger partial charge < -0.3 is 5.73 Å². The zero-order valence-electron chi connectivity index (χ0n) is 7.81. The molecule has 0 atom stereocenters. The quantitative estimate of drug-likeness (QED) is 0.652. The summed E-state index contributed by atoms with van der Waals surface area (Å²) < 4.78 is 0. The zero-order chi connectivity index (χ0) is 8.91. The molecule has 0 aromatic carbocycles. The van der Waals surface area contributed by atoms with E-state index in [9.17, 15) is 4.79 Å². The van der Waals surface area contributed by atoms with Gasteiger partial charge in [-0.2, -0.15) is 0 Å². The van der Waals surface area contributed by atoms with E-state index >= 15 is 0 Å². The lowest BCUT2D eigenvalue weighted by Gasteiger charge is -2.27. The third-order valence-corrected chi connectivity index (χ3v) is 2.60. The van der Waals surface area contributed by atoms with Crippen LogP contribution in [-0.2, 0) is 4.79 Å². The molecule has 0 aromatic heterocycles. The van der Waals surface area contributed by atoms with E-state index in [4.69, 9.17) is 5.73 Å². The van der Waals surface area contributed by atoms with Crippen molar-refractivity contribution in [2.24, 2.45) is 11.1 Å². The van der Waals surface area contributed by atoms with Crippen molar-refractivity contribution in [3.05, 3.63) is 0 Å². The minimum atomic E-state index is -0.227. The number of primary amides is 1. The van der Waals surface area contributed by atoms with Crippen molar-refractivity contribution in [2.75, 3.05) is 0 Å². The van der Waals surface area contributed by atoms with E-state index in [2.05, 4.69) is 6.92 Å². The molecule has 2 nitrogen and oxygen atoms in total. The van der Waals surface area contributed by atoms with Crippen molar-refractivity contribution in [2.45, 2.75) is 46.5 Å². The van der Waals surface area contributed by atoms with E-state index in [-0.39, 0.29) is 11.3 Å². The summed E-state index contributed by atoms with van der Waals surface area (Å²) in [6.07, 6.45) is 3.69. The van der Waals surface area contributed by atoms with E-state index in [1.54, 1.807) is 0 Å². The van der Waals surface area contributed by atoms with E-state index in [1.807, 2.05) is 13.8 Å². The van der Waals surface area contributed by atoms with E-state index < -0.39 is 0 Å². The topological polar surface area (TPSA) is 43.1 Å². The van der Waals surface area contributed by atoms with Gasteiger partial charge in [-0.05, 0) is 19.3 Å². The monoisotopic (exact) mass is 157 g/mol. The van der Waals surface area contributed by atoms with Gasteiger partial charge in [0.05, 0.1) is 0 Å². The Balaban J connectivity index is 4.32. The minimum Gasteiger partial charge on any atom is -0.369 e. The molecule has 0 unspecified atom stereocenters. The standard InChI is InChI=1S/C9H19NO/c1-4-7-9(5-2,6-3)8(10)11/h4-7H2,1-3H3,(H2,10,11). The molecular weight excluding hydrogens is 138 g/mol. The molecule has 0 bridgehead atoms. The average Bonchev–Trinajstić information content (AvgIpc) is 2.00. The summed E-state index contributed by atoms with van der Waals surface area (Å²) in [6.45, 7) is 6.15. The highest BCUT2D eigenvalue weighted by Gasteiger charge is 2.31. The molecule has 0 saturated carbocycles. The van der Waals surface area contributed by atoms with Gasteiger partial charge in [0.15, 0.2) is 0 Å². The van der Waals surface area contributed by atoms with Gasteiger partial charge in [-0.3, -0.25) is 4.79 Å². The molecule has 66 valence electrons. The fourth-order valence-corrected chi connectivity index (χ4v) is 1.55. The van der Waals surface area contributed by atoms with Gasteiger partial charge >= 0.3 is 0 Å². The van der Waals surface area contributed by atoms with Crippen molar-refractivity contribution < 1.29 is 4.79 Å². The summed E-state index contributed by atoms with van der Waals surface area (Å²) in [7, 11) is 0. The number of carbonyl (C=O) groups excluding carboxylic acids is 1. The maximum Gasteiger partial charge on any atom is 0.223 e. The van der Waals surface area contributed by atoms with Crippen LogP contribution in [0.1, 0.15) is 46.5 Å². The second kappa shape index (κ2) is 4.37. The van der Waals surface area contributed by atoms with Gasteiger partial charge in [-0.15, -0.1) is 0 Å². The fraction of sp³-hybridized carbons (Fsp3) is 0.889. The predicted molar refractivity (Wildman–Crippen MR) is 47.1 cm³/mol. The Kier molecular flexibility index (Phi) is 4.16. The lowest BCUT2D eigenvalue weighted by molar-refractivity contribution is -0.128. The van der Waals surface area contributed by atoms with Crippen LogP contribution in [0.25, 0.3) is 0 Å². The number of carbonyl (C=O) groups is 1. The number of hydrogen-bond donors (Lipinski definition) is 1. The maximum absolute atomic E-state index is 11.1. The molecule has 0 rings (SSSR count). The van der Waals surface area contributed by atoms with Crippen molar-refractivity contribution in [1.82, 2.24) is 0 Å². The molecule has 11 heavy (non-hydrogen) atoms. The molecule has 2 N–H and O–H groups in total. The first kappa shape index (κ1) is 10.5. The highest BCUT2D eigenvalue weighted by molar-refractivity contribution is 5.80. The molecule has 0 aliphatic heterocycles. The van der Waals surface area contributed by atoms with Gasteiger partial charge in [-0.1, -0.05) is 27.2 Å². The molecular formula is C9H19NO. The first-order chi connectivity index (χ1) is 5.13. The van der Waals surface area contributed by atoms with Crippen LogP contribution in [0.3, 0.4) is 0 Å². The van der Waals surface area contributed by atoms with Crippen LogP contribution < -0.4 is 5.73 Å². The molecule has 2 heteroatoms. The fourth-order valence-electron chi connectivity index (χ4n) is 1.55. The highest BCUT2D eigenvalue weighted by Crippen LogP contribution is 2.31. The van der Waals surface area contributed by atoms with Crippen molar-refractivity contribution in [3.8, 4) is 0 Å². The molecule has 0 fully saturated rings. The Hall–Kier alpha value is -0.530. The first-order valence-electron chi connectivity index (χ1n) is 4.42. The second-order valence-electron chi connectivity index (χ2n) is 3.10. The van der Waals surface area contributed by atoms with E-state index in [0.29, 0.717) is 0 Å². The number of hydrogen-bond acceptors (Lipinski definition) is 1. The van der Waals surface area contributed by atoms with Crippen LogP contribution >= 0.6 is 0 Å². The molecule has 0 radical (unpaired) electrons. The normalized spacial score (nSPS) is 11.5. The zero-order valence-corrected chi connectivity index (χ0v) is 7.81. The Labute approximate surface area is 69.2 Å². The summed E-state index contributed by atoms with van der Waals surface area (Å²) >= 11 is 0. The Morgan fingerprint density at radius 1 is 1.27 bits per heavy atom. The number of amides is 1. The molecule has 0 saturated heterocycles. The van der Waals surface area contributed by atoms with Crippen LogP contribution in [-0.4, -0.2) is 5.91 Å². The van der Waals surface area contributed by atoms with Crippen molar-refractivity contribution >= 4 is 5.91 Å². The third kappa shape index (κ3) is 2.21. The molecule has 0 aliphatic carbocycles. The Morgan fingerprint density at radius 2 is 1.73 bits per heavy atom. The molecule has 0 heterocycles. The lowest BCUT2D eigenvalue weighted by Crippen LogP contribution is -2.35. The van der Waals surface area contributed by atoms with Crippen LogP contribution in [0.5, 0.6) is 0 Å². The van der Waals surface area contributed by atoms with E-state index in [1.165, 1.54) is 0 Å². The van der Waals surface area contributed by atoms with Crippen molar-refractivity contribution in [1.29, 1.82) is 0 Å². The summed E-state index contributed by atoms with van der Waals surface area (Å²) in [5.74, 6) is -0.135. The third-order valence-electron chi connectivity index (χ3n) is 2.60. The maximum atomic E-state index is 11.1. The van der Waals surface area contributed by atoms with Gasteiger partial charge in [-0.25, -0.2) is 0 Å². The Bertz CT molecular complexity index is 128. The first-order valence-corrected chi connectivity index (χ1v) is 4.42. The lowest BCUT2D eigenvalue weighted by atomic mass is 9.78.